The first kappa shape index (κ1) is 16.9. The number of hydrogen-bond donors (Lipinski definition) is 2. The van der Waals surface area contributed by atoms with Gasteiger partial charge >= 0.3 is 0 Å². The smallest absolute Gasteiger partial charge is 0.234 e. The number of carbonyl (C=O) groups excluding carboxylic acids is 1. The zero-order chi connectivity index (χ0) is 16.4. The Morgan fingerprint density at radius 1 is 1.17 bits per heavy atom. The summed E-state index contributed by atoms with van der Waals surface area (Å²) in [5, 5.41) is 9.04. The minimum Gasteiger partial charge on any atom is -0.396 e. The van der Waals surface area contributed by atoms with Gasteiger partial charge in [-0.3, -0.25) is 4.79 Å². The number of halogens is 1. The predicted octanol–water partition coefficient (Wildman–Crippen LogP) is 3.82. The molecule has 6 heteroatoms. The molecule has 0 aliphatic carbocycles. The minimum absolute atomic E-state index is 0.0460. The fraction of sp³-hybridized carbons (Fsp3) is 0.235. The molecule has 1 heterocycles. The van der Waals surface area contributed by atoms with Crippen LogP contribution >= 0.6 is 23.4 Å². The van der Waals surface area contributed by atoms with Crippen molar-refractivity contribution in [2.75, 3.05) is 12.4 Å². The normalized spacial score (nSPS) is 22.8. The van der Waals surface area contributed by atoms with Gasteiger partial charge in [-0.15, -0.1) is 11.8 Å². The molecular weight excluding hydrogens is 352 g/mol. The van der Waals surface area contributed by atoms with Crippen LogP contribution < -0.4 is 0 Å². The fourth-order valence-electron chi connectivity index (χ4n) is 2.70. The third kappa shape index (κ3) is 3.30. The molecule has 0 amide bonds. The van der Waals surface area contributed by atoms with E-state index in [0.29, 0.717) is 16.3 Å². The van der Waals surface area contributed by atoms with Crippen LogP contribution in [0.1, 0.15) is 21.2 Å². The van der Waals surface area contributed by atoms with Crippen LogP contribution in [-0.4, -0.2) is 33.1 Å². The van der Waals surface area contributed by atoms with Crippen molar-refractivity contribution in [3.8, 4) is 0 Å². The number of ketones is 1. The summed E-state index contributed by atoms with van der Waals surface area (Å²) in [5.41, 5.74) is 1.54. The summed E-state index contributed by atoms with van der Waals surface area (Å²) in [5.74, 6) is 0.444. The van der Waals surface area contributed by atoms with E-state index in [-0.39, 0.29) is 17.6 Å². The summed E-state index contributed by atoms with van der Waals surface area (Å²) in [6.45, 7) is 0.0460. The highest BCUT2D eigenvalue weighted by Gasteiger charge is 2.54. The maximum absolute atomic E-state index is 12.9. The number of hydrogen-bond acceptors (Lipinski definition) is 4. The van der Waals surface area contributed by atoms with Gasteiger partial charge in [0, 0.05) is 21.9 Å². The van der Waals surface area contributed by atoms with Gasteiger partial charge in [0.05, 0.1) is 11.9 Å². The van der Waals surface area contributed by atoms with E-state index in [2.05, 4.69) is 0 Å². The van der Waals surface area contributed by atoms with Crippen molar-refractivity contribution in [3.63, 3.8) is 0 Å². The quantitative estimate of drug-likeness (QED) is 0.623. The molecule has 0 fully saturated rings. The lowest BCUT2D eigenvalue weighted by Gasteiger charge is -2.14. The molecule has 0 bridgehead atoms. The molecule has 3 unspecified atom stereocenters. The Bertz CT molecular complexity index is 705. The highest BCUT2D eigenvalue weighted by Crippen LogP contribution is 2.47. The number of Topliss-reactive ketones (excluding diaryl/α,β-unsaturated/α-hetero) is 1. The van der Waals surface area contributed by atoms with E-state index in [9.17, 15) is 9.35 Å². The standard InChI is InChI=1S/C17H16ClO3S2/c18-12-7-5-11(6-8-12)15(20)17-16(22-10-9-19)13-3-1-2-4-14(13)23(17)21/h1-8,16-17,19,21H,9-10H2/q+1. The maximum atomic E-state index is 12.9. The number of benzene rings is 2. The van der Waals surface area contributed by atoms with E-state index in [0.717, 1.165) is 10.5 Å². The van der Waals surface area contributed by atoms with Gasteiger partial charge in [-0.25, -0.2) is 0 Å². The van der Waals surface area contributed by atoms with Crippen LogP contribution in [0.3, 0.4) is 0 Å². The van der Waals surface area contributed by atoms with E-state index in [4.69, 9.17) is 16.7 Å². The summed E-state index contributed by atoms with van der Waals surface area (Å²) in [4.78, 5) is 13.8. The number of fused-ring (bicyclic) bond motifs is 1. The lowest BCUT2D eigenvalue weighted by Crippen LogP contribution is -2.30. The van der Waals surface area contributed by atoms with E-state index < -0.39 is 16.4 Å². The van der Waals surface area contributed by atoms with E-state index in [1.54, 1.807) is 24.3 Å². The van der Waals surface area contributed by atoms with E-state index >= 15 is 0 Å². The zero-order valence-electron chi connectivity index (χ0n) is 12.2. The first-order chi connectivity index (χ1) is 11.1. The molecule has 0 saturated carbocycles. The topological polar surface area (TPSA) is 57.5 Å². The van der Waals surface area contributed by atoms with Gasteiger partial charge in [0.2, 0.25) is 11.0 Å². The Morgan fingerprint density at radius 3 is 2.57 bits per heavy atom. The van der Waals surface area contributed by atoms with Gasteiger partial charge < -0.3 is 5.11 Å². The summed E-state index contributed by atoms with van der Waals surface area (Å²) in [6, 6.07) is 14.4. The van der Waals surface area contributed by atoms with Crippen molar-refractivity contribution in [1.82, 2.24) is 0 Å². The second kappa shape index (κ2) is 7.28. The average Bonchev–Trinajstić information content (AvgIpc) is 2.85. The minimum atomic E-state index is -1.14. The molecule has 3 nitrogen and oxygen atoms in total. The van der Waals surface area contributed by atoms with Crippen LogP contribution in [0, 0.1) is 0 Å². The highest BCUT2D eigenvalue weighted by molar-refractivity contribution is 8.02. The molecular formula is C17H16ClO3S2+. The Labute approximate surface area is 147 Å². The summed E-state index contributed by atoms with van der Waals surface area (Å²) >= 11 is 6.26. The van der Waals surface area contributed by atoms with Gasteiger partial charge in [0.15, 0.2) is 16.1 Å². The SMILES string of the molecule is O=C(c1ccc(Cl)cc1)C1C(SCCO)c2ccccc2[S+]1O. The predicted molar refractivity (Wildman–Crippen MR) is 96.6 cm³/mol. The molecule has 3 atom stereocenters. The Morgan fingerprint density at radius 2 is 1.87 bits per heavy atom. The van der Waals surface area contributed by atoms with E-state index in [1.165, 1.54) is 11.8 Å². The third-order valence-electron chi connectivity index (χ3n) is 3.74. The molecule has 0 saturated heterocycles. The van der Waals surface area contributed by atoms with Crippen LogP contribution in [0.4, 0.5) is 0 Å². The van der Waals surface area contributed by atoms with Crippen molar-refractivity contribution in [2.45, 2.75) is 15.4 Å². The van der Waals surface area contributed by atoms with Crippen LogP contribution in [-0.2, 0) is 11.2 Å². The van der Waals surface area contributed by atoms with Crippen molar-refractivity contribution >= 4 is 40.3 Å². The molecule has 1 aliphatic heterocycles. The van der Waals surface area contributed by atoms with Gasteiger partial charge in [0.1, 0.15) is 0 Å². The summed E-state index contributed by atoms with van der Waals surface area (Å²) in [7, 11) is 0. The van der Waals surface area contributed by atoms with Crippen LogP contribution in [0.25, 0.3) is 0 Å². The highest BCUT2D eigenvalue weighted by atomic mass is 35.5. The number of thioether (sulfide) groups is 1. The number of aliphatic hydroxyl groups excluding tert-OH is 1. The van der Waals surface area contributed by atoms with E-state index in [1.807, 2.05) is 24.3 Å². The largest absolute Gasteiger partial charge is 0.396 e. The lowest BCUT2D eigenvalue weighted by atomic mass is 10.0. The molecule has 3 rings (SSSR count). The van der Waals surface area contributed by atoms with Crippen molar-refractivity contribution < 1.29 is 14.5 Å². The van der Waals surface area contributed by atoms with Gasteiger partial charge in [-0.05, 0) is 30.3 Å². The molecule has 0 radical (unpaired) electrons. The Hall–Kier alpha value is -0.980. The third-order valence-corrected chi connectivity index (χ3v) is 7.26. The van der Waals surface area contributed by atoms with Crippen LogP contribution in [0.5, 0.6) is 0 Å². The Kier molecular flexibility index (Phi) is 5.34. The van der Waals surface area contributed by atoms with Gasteiger partial charge in [-0.2, -0.15) is 4.55 Å². The average molecular weight is 368 g/mol. The molecule has 23 heavy (non-hydrogen) atoms. The van der Waals surface area contributed by atoms with Crippen LogP contribution in [0.2, 0.25) is 5.02 Å². The fourth-order valence-corrected chi connectivity index (χ4v) is 6.14. The molecule has 2 aromatic carbocycles. The molecule has 0 spiro atoms. The molecule has 2 N–H and O–H groups in total. The van der Waals surface area contributed by atoms with Crippen molar-refractivity contribution in [3.05, 3.63) is 64.7 Å². The first-order valence-corrected chi connectivity index (χ1v) is 9.84. The second-order valence-corrected chi connectivity index (χ2v) is 8.42. The molecule has 0 aromatic heterocycles. The second-order valence-electron chi connectivity index (χ2n) is 5.16. The molecule has 1 aliphatic rings. The van der Waals surface area contributed by atoms with Crippen LogP contribution in [0.15, 0.2) is 53.4 Å². The van der Waals surface area contributed by atoms with Gasteiger partial charge in [0.25, 0.3) is 0 Å². The number of aliphatic hydroxyl groups is 1. The molecule has 120 valence electrons. The first-order valence-electron chi connectivity index (χ1n) is 7.17. The van der Waals surface area contributed by atoms with Crippen molar-refractivity contribution in [1.29, 1.82) is 0 Å². The Balaban J connectivity index is 1.96. The lowest BCUT2D eigenvalue weighted by molar-refractivity contribution is 0.0987. The number of carbonyl (C=O) groups is 1. The number of rotatable bonds is 5. The van der Waals surface area contributed by atoms with Crippen molar-refractivity contribution in [2.24, 2.45) is 0 Å². The summed E-state index contributed by atoms with van der Waals surface area (Å²) < 4.78 is 10.7. The summed E-state index contributed by atoms with van der Waals surface area (Å²) in [6.07, 6.45) is 0. The monoisotopic (exact) mass is 367 g/mol. The zero-order valence-corrected chi connectivity index (χ0v) is 14.6. The van der Waals surface area contributed by atoms with Gasteiger partial charge in [-0.1, -0.05) is 29.8 Å². The molecule has 2 aromatic rings. The maximum Gasteiger partial charge on any atom is 0.234 e.